The third-order valence-electron chi connectivity index (χ3n) is 12.4. The van der Waals surface area contributed by atoms with Crippen molar-refractivity contribution in [3.63, 3.8) is 0 Å². The second-order valence-corrected chi connectivity index (χ2v) is 17.3. The number of carboxylic acids is 1. The van der Waals surface area contributed by atoms with Crippen LogP contribution in [-0.2, 0) is 38.2 Å². The van der Waals surface area contributed by atoms with Crippen LogP contribution >= 0.6 is 0 Å². The fourth-order valence-electron chi connectivity index (χ4n) is 8.60. The van der Waals surface area contributed by atoms with Gasteiger partial charge in [0.15, 0.2) is 5.78 Å². The molecule has 11 nitrogen and oxygen atoms in total. The lowest BCUT2D eigenvalue weighted by Crippen LogP contribution is -2.60. The van der Waals surface area contributed by atoms with Crippen molar-refractivity contribution in [2.45, 2.75) is 180 Å². The van der Waals surface area contributed by atoms with Crippen LogP contribution < -0.4 is 0 Å². The van der Waals surface area contributed by atoms with Crippen molar-refractivity contribution < 1.29 is 48.4 Å². The maximum absolute atomic E-state index is 13.3. The van der Waals surface area contributed by atoms with E-state index in [1.54, 1.807) is 21.1 Å². The molecule has 1 amide bonds. The lowest BCUT2D eigenvalue weighted by molar-refractivity contribution is -0.263. The van der Waals surface area contributed by atoms with Crippen molar-refractivity contribution in [3.05, 3.63) is 47.6 Å². The largest absolute Gasteiger partial charge is 0.480 e. The first kappa shape index (κ1) is 49.1. The van der Waals surface area contributed by atoms with Gasteiger partial charge in [-0.25, -0.2) is 4.79 Å². The van der Waals surface area contributed by atoms with Crippen molar-refractivity contribution in [2.75, 3.05) is 20.8 Å². The molecule has 3 fully saturated rings. The van der Waals surface area contributed by atoms with E-state index in [0.717, 1.165) is 48.2 Å². The third kappa shape index (κ3) is 16.1. The van der Waals surface area contributed by atoms with E-state index in [-0.39, 0.29) is 24.5 Å². The molecule has 0 bridgehead atoms. The van der Waals surface area contributed by atoms with Crippen LogP contribution in [0.15, 0.2) is 47.6 Å². The summed E-state index contributed by atoms with van der Waals surface area (Å²) in [6.07, 6.45) is 25.4. The number of hydrogen-bond donors (Lipinski definition) is 2. The Kier molecular flexibility index (Phi) is 21.5. The van der Waals surface area contributed by atoms with Gasteiger partial charge in [0.25, 0.3) is 11.7 Å². The molecule has 0 radical (unpaired) electrons. The second kappa shape index (κ2) is 25.4. The minimum absolute atomic E-state index is 0.0657. The Labute approximate surface area is 347 Å². The third-order valence-corrected chi connectivity index (χ3v) is 12.4. The minimum Gasteiger partial charge on any atom is -0.480 e. The van der Waals surface area contributed by atoms with E-state index in [0.29, 0.717) is 88.6 Å². The van der Waals surface area contributed by atoms with Gasteiger partial charge in [0.2, 0.25) is 5.79 Å². The van der Waals surface area contributed by atoms with Crippen molar-refractivity contribution >= 4 is 29.2 Å². The molecule has 2 heterocycles. The Hall–Kier alpha value is -3.25. The van der Waals surface area contributed by atoms with Gasteiger partial charge >= 0.3 is 5.97 Å². The predicted octanol–water partition coefficient (Wildman–Crippen LogP) is 8.43. The number of likely N-dealkylation sites (tertiary alicyclic amines) is 1. The molecule has 8 unspecified atom stereocenters. The maximum atomic E-state index is 13.3. The summed E-state index contributed by atoms with van der Waals surface area (Å²) in [6, 6.07) is -1.07. The maximum Gasteiger partial charge on any atom is 0.326 e. The van der Waals surface area contributed by atoms with Crippen LogP contribution in [0.3, 0.4) is 0 Å². The number of carboxylic acid groups (broad SMARTS) is 1. The number of hydrogen-bond acceptors (Lipinski definition) is 9. The van der Waals surface area contributed by atoms with Crippen LogP contribution in [0.4, 0.5) is 0 Å². The summed E-state index contributed by atoms with van der Waals surface area (Å²) >= 11 is 0. The number of methoxy groups -OCH3 is 2. The molecule has 1 saturated carbocycles. The fourth-order valence-corrected chi connectivity index (χ4v) is 8.60. The molecule has 326 valence electrons. The lowest BCUT2D eigenvalue weighted by Gasteiger charge is -2.42. The smallest absolute Gasteiger partial charge is 0.326 e. The Balaban J connectivity index is 1.32. The zero-order valence-electron chi connectivity index (χ0n) is 36.3. The molecule has 0 aromatic carbocycles. The average molecular weight is 812 g/mol. The van der Waals surface area contributed by atoms with E-state index >= 15 is 0 Å². The van der Waals surface area contributed by atoms with Crippen molar-refractivity contribution in [3.8, 4) is 0 Å². The molecular formula is C47H73NO10. The Morgan fingerprint density at radius 3 is 2.43 bits per heavy atom. The van der Waals surface area contributed by atoms with Gasteiger partial charge in [-0.05, 0) is 109 Å². The number of ketones is 3. The van der Waals surface area contributed by atoms with Crippen LogP contribution in [0.1, 0.15) is 150 Å². The van der Waals surface area contributed by atoms with Crippen molar-refractivity contribution in [2.24, 2.45) is 17.8 Å². The van der Waals surface area contributed by atoms with Gasteiger partial charge in [0.05, 0.1) is 12.2 Å². The van der Waals surface area contributed by atoms with E-state index in [4.69, 9.17) is 14.2 Å². The van der Waals surface area contributed by atoms with Gasteiger partial charge in [0, 0.05) is 52.4 Å². The van der Waals surface area contributed by atoms with Gasteiger partial charge in [-0.3, -0.25) is 19.2 Å². The summed E-state index contributed by atoms with van der Waals surface area (Å²) in [5.74, 6) is -4.58. The van der Waals surface area contributed by atoms with Gasteiger partial charge in [-0.1, -0.05) is 74.3 Å². The van der Waals surface area contributed by atoms with Crippen molar-refractivity contribution in [1.82, 2.24) is 4.90 Å². The topological polar surface area (TPSA) is 157 Å². The number of aliphatic carboxylic acids is 1. The number of carbonyl (C=O) groups excluding carboxylic acids is 4. The Bertz CT molecular complexity index is 1480. The SMILES string of the molecule is COC1CCCC(CC(C)CCC(=O)C/C=C(\C)CC(OC)C(=O)CCC/C=C/C=C/C=C(\C)CCC2CCC(C)C(O)(C(=O)C(=O)N3CCCCC3C(=O)O)O2)C1. The molecule has 0 aromatic rings. The normalized spacial score (nSPS) is 27.2. The van der Waals surface area contributed by atoms with E-state index in [2.05, 4.69) is 6.92 Å². The monoisotopic (exact) mass is 812 g/mol. The predicted molar refractivity (Wildman–Crippen MR) is 225 cm³/mol. The Morgan fingerprint density at radius 1 is 0.931 bits per heavy atom. The molecule has 2 aliphatic heterocycles. The summed E-state index contributed by atoms with van der Waals surface area (Å²) in [4.78, 5) is 64.6. The first-order valence-corrected chi connectivity index (χ1v) is 21.9. The molecule has 2 saturated heterocycles. The number of nitrogens with zero attached hydrogens (tertiary/aromatic N) is 1. The summed E-state index contributed by atoms with van der Waals surface area (Å²) in [6.45, 7) is 8.05. The lowest BCUT2D eigenvalue weighted by atomic mass is 9.80. The van der Waals surface area contributed by atoms with Crippen LogP contribution in [0.2, 0.25) is 0 Å². The Morgan fingerprint density at radius 2 is 1.71 bits per heavy atom. The summed E-state index contributed by atoms with van der Waals surface area (Å²) in [5, 5.41) is 20.9. The molecular weight excluding hydrogens is 739 g/mol. The van der Waals surface area contributed by atoms with Crippen LogP contribution in [-0.4, -0.2) is 95.2 Å². The summed E-state index contributed by atoms with van der Waals surface area (Å²) in [5.41, 5.74) is 2.08. The number of allylic oxidation sites excluding steroid dienone is 7. The number of carbonyl (C=O) groups is 5. The fraction of sp³-hybridized carbons (Fsp3) is 0.723. The zero-order valence-corrected chi connectivity index (χ0v) is 36.3. The summed E-state index contributed by atoms with van der Waals surface area (Å²) < 4.78 is 17.0. The number of aliphatic hydroxyl groups is 1. The first-order chi connectivity index (χ1) is 27.7. The highest BCUT2D eigenvalue weighted by Crippen LogP contribution is 2.36. The zero-order chi connectivity index (χ0) is 42.7. The molecule has 58 heavy (non-hydrogen) atoms. The minimum atomic E-state index is -2.28. The van der Waals surface area contributed by atoms with E-state index in [9.17, 15) is 34.2 Å². The number of rotatable bonds is 24. The van der Waals surface area contributed by atoms with E-state index in [1.807, 2.05) is 50.3 Å². The quantitative estimate of drug-likeness (QED) is 0.0420. The molecule has 1 aliphatic carbocycles. The molecule has 2 N–H and O–H groups in total. The van der Waals surface area contributed by atoms with Crippen molar-refractivity contribution in [1.29, 1.82) is 0 Å². The van der Waals surface area contributed by atoms with Gasteiger partial charge < -0.3 is 29.3 Å². The number of unbranched alkanes of at least 4 members (excludes halogenated alkanes) is 1. The molecule has 8 atom stereocenters. The van der Waals surface area contributed by atoms with Gasteiger partial charge in [0.1, 0.15) is 17.9 Å². The van der Waals surface area contributed by atoms with E-state index in [1.165, 1.54) is 12.8 Å². The average Bonchev–Trinajstić information content (AvgIpc) is 3.21. The standard InChI is InChI=1S/C47H73NO10/c1-33(23-27-39-28-24-36(4)47(55,58-39)44(51)45(52)48-29-14-13-19-41(48)46(53)54)16-11-9-7-8-10-12-20-42(50)43(57-6)31-35(3)22-26-38(49)25-21-34(2)30-37-17-15-18-40(32-37)56-5/h7-9,11,16,22,34,36-37,39-41,43,55H,10,12-15,17-21,23-32H2,1-6H3,(H,53,54)/b8-7+,11-9+,33-16+,35-22+. The van der Waals surface area contributed by atoms with Crippen LogP contribution in [0, 0.1) is 17.8 Å². The highest BCUT2D eigenvalue weighted by molar-refractivity contribution is 6.39. The number of ether oxygens (including phenoxy) is 3. The molecule has 3 aliphatic rings. The molecule has 11 heteroatoms. The molecule has 0 aromatic heterocycles. The highest BCUT2D eigenvalue weighted by atomic mass is 16.6. The highest BCUT2D eigenvalue weighted by Gasteiger charge is 2.52. The number of Topliss-reactive ketones (excluding diaryl/α,β-unsaturated/α-hetero) is 3. The molecule has 0 spiro atoms. The number of piperidine rings is 1. The van der Waals surface area contributed by atoms with Gasteiger partial charge in [-0.15, -0.1) is 0 Å². The van der Waals surface area contributed by atoms with Gasteiger partial charge in [-0.2, -0.15) is 0 Å². The second-order valence-electron chi connectivity index (χ2n) is 17.3. The summed E-state index contributed by atoms with van der Waals surface area (Å²) in [7, 11) is 3.37. The van der Waals surface area contributed by atoms with E-state index < -0.39 is 47.6 Å². The van der Waals surface area contributed by atoms with Crippen LogP contribution in [0.25, 0.3) is 0 Å². The first-order valence-electron chi connectivity index (χ1n) is 21.9. The van der Waals surface area contributed by atoms with Crippen LogP contribution in [0.5, 0.6) is 0 Å². The molecule has 3 rings (SSSR count). The number of amides is 1.